The standard InChI is InChI=1S/C25H22N2O4/c1-29-22-12-18(13-23(30-2)25(22)31-3)24(28)21-16-27(19-10-7-11-26-14-19)15-20(21)17-8-5-4-6-9-17/h4-16H,1-3H3. The number of carbonyl (C=O) groups excluding carboxylic acids is 1. The molecule has 31 heavy (non-hydrogen) atoms. The second-order valence-corrected chi connectivity index (χ2v) is 6.81. The van der Waals surface area contributed by atoms with Gasteiger partial charge in [-0.05, 0) is 29.8 Å². The molecular formula is C25H22N2O4. The average molecular weight is 414 g/mol. The molecule has 0 unspecified atom stereocenters. The van der Waals surface area contributed by atoms with E-state index in [1.54, 1.807) is 24.5 Å². The zero-order chi connectivity index (χ0) is 21.8. The average Bonchev–Trinajstić information content (AvgIpc) is 3.29. The SMILES string of the molecule is COc1cc(C(=O)c2cn(-c3cccnc3)cc2-c2ccccc2)cc(OC)c1OC. The van der Waals surface area contributed by atoms with Crippen LogP contribution in [0.4, 0.5) is 0 Å². The van der Waals surface area contributed by atoms with Gasteiger partial charge in [-0.3, -0.25) is 9.78 Å². The summed E-state index contributed by atoms with van der Waals surface area (Å²) < 4.78 is 18.1. The molecule has 0 saturated carbocycles. The Morgan fingerprint density at radius 1 is 0.871 bits per heavy atom. The molecule has 6 heteroatoms. The molecule has 0 bridgehead atoms. The van der Waals surface area contributed by atoms with Crippen LogP contribution in [-0.4, -0.2) is 36.7 Å². The van der Waals surface area contributed by atoms with Gasteiger partial charge < -0.3 is 18.8 Å². The van der Waals surface area contributed by atoms with Crippen molar-refractivity contribution in [1.29, 1.82) is 0 Å². The Labute approximate surface area is 180 Å². The van der Waals surface area contributed by atoms with Crippen LogP contribution < -0.4 is 14.2 Å². The largest absolute Gasteiger partial charge is 0.493 e. The quantitative estimate of drug-likeness (QED) is 0.407. The molecule has 2 aromatic heterocycles. The number of ether oxygens (including phenoxy) is 3. The van der Waals surface area contributed by atoms with Crippen LogP contribution in [0.5, 0.6) is 17.2 Å². The third-order valence-corrected chi connectivity index (χ3v) is 5.03. The van der Waals surface area contributed by atoms with E-state index in [4.69, 9.17) is 14.2 Å². The normalized spacial score (nSPS) is 10.5. The highest BCUT2D eigenvalue weighted by atomic mass is 16.5. The molecule has 0 N–H and O–H groups in total. The van der Waals surface area contributed by atoms with Crippen molar-refractivity contribution in [3.63, 3.8) is 0 Å². The minimum atomic E-state index is -0.152. The van der Waals surface area contributed by atoms with Gasteiger partial charge in [-0.15, -0.1) is 0 Å². The van der Waals surface area contributed by atoms with Crippen LogP contribution in [0.2, 0.25) is 0 Å². The monoisotopic (exact) mass is 414 g/mol. The maximum absolute atomic E-state index is 13.6. The molecule has 6 nitrogen and oxygen atoms in total. The minimum Gasteiger partial charge on any atom is -0.493 e. The fraction of sp³-hybridized carbons (Fsp3) is 0.120. The predicted octanol–water partition coefficient (Wildman–Crippen LogP) is 4.80. The van der Waals surface area contributed by atoms with Crippen LogP contribution in [0.3, 0.4) is 0 Å². The molecule has 0 atom stereocenters. The Morgan fingerprint density at radius 2 is 1.58 bits per heavy atom. The van der Waals surface area contributed by atoms with Crippen LogP contribution in [0, 0.1) is 0 Å². The van der Waals surface area contributed by atoms with E-state index in [1.807, 2.05) is 59.4 Å². The Kier molecular flexibility index (Phi) is 5.71. The number of pyridine rings is 1. The van der Waals surface area contributed by atoms with E-state index in [0.717, 1.165) is 16.8 Å². The lowest BCUT2D eigenvalue weighted by molar-refractivity contribution is 0.103. The van der Waals surface area contributed by atoms with Crippen LogP contribution >= 0.6 is 0 Å². The predicted molar refractivity (Wildman–Crippen MR) is 119 cm³/mol. The Balaban J connectivity index is 1.87. The van der Waals surface area contributed by atoms with Gasteiger partial charge in [0.25, 0.3) is 0 Å². The summed E-state index contributed by atoms with van der Waals surface area (Å²) in [6, 6.07) is 16.9. The van der Waals surface area contributed by atoms with Gasteiger partial charge in [-0.2, -0.15) is 0 Å². The lowest BCUT2D eigenvalue weighted by atomic mass is 9.97. The zero-order valence-electron chi connectivity index (χ0n) is 17.5. The van der Waals surface area contributed by atoms with Crippen molar-refractivity contribution in [1.82, 2.24) is 9.55 Å². The van der Waals surface area contributed by atoms with Crippen molar-refractivity contribution in [2.24, 2.45) is 0 Å². The molecule has 0 aliphatic rings. The number of ketones is 1. The minimum absolute atomic E-state index is 0.152. The summed E-state index contributed by atoms with van der Waals surface area (Å²) in [6.07, 6.45) is 7.23. The summed E-state index contributed by atoms with van der Waals surface area (Å²) in [6.45, 7) is 0. The van der Waals surface area contributed by atoms with E-state index in [2.05, 4.69) is 4.98 Å². The second kappa shape index (κ2) is 8.75. The van der Waals surface area contributed by atoms with Crippen molar-refractivity contribution < 1.29 is 19.0 Å². The number of hydrogen-bond acceptors (Lipinski definition) is 5. The molecule has 4 aromatic rings. The van der Waals surface area contributed by atoms with Crippen molar-refractivity contribution in [2.75, 3.05) is 21.3 Å². The third kappa shape index (κ3) is 3.88. The smallest absolute Gasteiger partial charge is 0.203 e. The highest BCUT2D eigenvalue weighted by molar-refractivity contribution is 6.13. The van der Waals surface area contributed by atoms with Crippen molar-refractivity contribution in [3.8, 4) is 34.1 Å². The summed E-state index contributed by atoms with van der Waals surface area (Å²) in [4.78, 5) is 17.8. The van der Waals surface area contributed by atoms with Crippen molar-refractivity contribution in [3.05, 3.63) is 90.5 Å². The first-order valence-electron chi connectivity index (χ1n) is 9.68. The summed E-state index contributed by atoms with van der Waals surface area (Å²) >= 11 is 0. The van der Waals surface area contributed by atoms with Crippen molar-refractivity contribution in [2.45, 2.75) is 0 Å². The van der Waals surface area contributed by atoms with Gasteiger partial charge >= 0.3 is 0 Å². The van der Waals surface area contributed by atoms with Gasteiger partial charge in [0.05, 0.1) is 33.2 Å². The molecule has 2 heterocycles. The first-order chi connectivity index (χ1) is 15.2. The second-order valence-electron chi connectivity index (χ2n) is 6.81. The Hall–Kier alpha value is -4.06. The molecule has 0 amide bonds. The lowest BCUT2D eigenvalue weighted by Gasteiger charge is -2.14. The number of rotatable bonds is 7. The highest BCUT2D eigenvalue weighted by Gasteiger charge is 2.22. The first-order valence-corrected chi connectivity index (χ1v) is 9.68. The molecule has 2 aromatic carbocycles. The molecule has 4 rings (SSSR count). The van der Waals surface area contributed by atoms with Crippen LogP contribution in [0.15, 0.2) is 79.4 Å². The maximum atomic E-state index is 13.6. The number of benzene rings is 2. The summed E-state index contributed by atoms with van der Waals surface area (Å²) in [5.41, 5.74) is 3.63. The van der Waals surface area contributed by atoms with Crippen LogP contribution in [0.25, 0.3) is 16.8 Å². The molecule has 156 valence electrons. The fourth-order valence-corrected chi connectivity index (χ4v) is 3.51. The Morgan fingerprint density at radius 3 is 2.16 bits per heavy atom. The van der Waals surface area contributed by atoms with Gasteiger partial charge in [-0.1, -0.05) is 30.3 Å². The Bertz CT molecular complexity index is 1180. The van der Waals surface area contributed by atoms with Crippen LogP contribution in [-0.2, 0) is 0 Å². The molecule has 0 radical (unpaired) electrons. The lowest BCUT2D eigenvalue weighted by Crippen LogP contribution is -2.04. The van der Waals surface area contributed by atoms with Gasteiger partial charge in [0.15, 0.2) is 17.3 Å². The zero-order valence-corrected chi connectivity index (χ0v) is 17.5. The molecule has 0 fully saturated rings. The van der Waals surface area contributed by atoms with Crippen LogP contribution in [0.1, 0.15) is 15.9 Å². The van der Waals surface area contributed by atoms with E-state index in [0.29, 0.717) is 28.4 Å². The van der Waals surface area contributed by atoms with E-state index in [9.17, 15) is 4.79 Å². The first kappa shape index (κ1) is 20.2. The summed E-state index contributed by atoms with van der Waals surface area (Å²) in [5.74, 6) is 1.15. The topological polar surface area (TPSA) is 62.6 Å². The maximum Gasteiger partial charge on any atom is 0.203 e. The number of hydrogen-bond donors (Lipinski definition) is 0. The third-order valence-electron chi connectivity index (χ3n) is 5.03. The molecule has 0 spiro atoms. The van der Waals surface area contributed by atoms with Gasteiger partial charge in [0.1, 0.15) is 0 Å². The summed E-state index contributed by atoms with van der Waals surface area (Å²) in [7, 11) is 4.59. The summed E-state index contributed by atoms with van der Waals surface area (Å²) in [5, 5.41) is 0. The molecular weight excluding hydrogens is 392 g/mol. The number of aromatic nitrogens is 2. The van der Waals surface area contributed by atoms with E-state index >= 15 is 0 Å². The van der Waals surface area contributed by atoms with E-state index < -0.39 is 0 Å². The van der Waals surface area contributed by atoms with Gasteiger partial charge in [-0.25, -0.2) is 0 Å². The van der Waals surface area contributed by atoms with E-state index in [1.165, 1.54) is 21.3 Å². The molecule has 0 saturated heterocycles. The van der Waals surface area contributed by atoms with E-state index in [-0.39, 0.29) is 5.78 Å². The number of methoxy groups -OCH3 is 3. The molecule has 0 aliphatic carbocycles. The van der Waals surface area contributed by atoms with Crippen molar-refractivity contribution >= 4 is 5.78 Å². The fourth-order valence-electron chi connectivity index (χ4n) is 3.51. The number of carbonyl (C=O) groups is 1. The van der Waals surface area contributed by atoms with Gasteiger partial charge in [0.2, 0.25) is 5.75 Å². The molecule has 0 aliphatic heterocycles. The number of nitrogens with zero attached hydrogens (tertiary/aromatic N) is 2. The highest BCUT2D eigenvalue weighted by Crippen LogP contribution is 2.39. The van der Waals surface area contributed by atoms with Gasteiger partial charge in [0, 0.05) is 35.3 Å².